The maximum Gasteiger partial charge on any atom is 0.104 e. The van der Waals surface area contributed by atoms with Crippen molar-refractivity contribution in [3.63, 3.8) is 0 Å². The molecule has 1 nitrogen and oxygen atoms in total. The number of fused-ring (bicyclic) bond motifs is 1. The summed E-state index contributed by atoms with van der Waals surface area (Å²) in [6.07, 6.45) is 0. The minimum atomic E-state index is 1.02. The molecule has 0 bridgehead atoms. The lowest BCUT2D eigenvalue weighted by Crippen LogP contribution is -2.01. The third-order valence-corrected chi connectivity index (χ3v) is 3.93. The van der Waals surface area contributed by atoms with Crippen molar-refractivity contribution in [2.45, 2.75) is 12.7 Å². The van der Waals surface area contributed by atoms with E-state index in [1.54, 1.807) is 0 Å². The zero-order valence-corrected chi connectivity index (χ0v) is 10.5. The van der Waals surface area contributed by atoms with Gasteiger partial charge in [-0.2, -0.15) is 0 Å². The van der Waals surface area contributed by atoms with E-state index in [0.29, 0.717) is 0 Å². The molecule has 17 heavy (non-hydrogen) atoms. The van der Waals surface area contributed by atoms with Crippen LogP contribution in [-0.2, 0) is 5.75 Å². The SMILES string of the molecule is Cc1ccc(C2=Nc3ccccc3CS2)cc1. The third-order valence-electron chi connectivity index (χ3n) is 2.88. The van der Waals surface area contributed by atoms with Crippen LogP contribution in [0.5, 0.6) is 0 Å². The summed E-state index contributed by atoms with van der Waals surface area (Å²) in [5.74, 6) is 1.02. The summed E-state index contributed by atoms with van der Waals surface area (Å²) in [6.45, 7) is 2.11. The van der Waals surface area contributed by atoms with Crippen LogP contribution in [0.1, 0.15) is 16.7 Å². The third kappa shape index (κ3) is 2.13. The average Bonchev–Trinajstić information content (AvgIpc) is 2.39. The highest BCUT2D eigenvalue weighted by Crippen LogP contribution is 2.32. The number of benzene rings is 2. The first-order valence-corrected chi connectivity index (χ1v) is 6.68. The van der Waals surface area contributed by atoms with E-state index in [9.17, 15) is 0 Å². The van der Waals surface area contributed by atoms with Crippen molar-refractivity contribution in [3.05, 3.63) is 65.2 Å². The van der Waals surface area contributed by atoms with E-state index in [4.69, 9.17) is 4.99 Å². The maximum absolute atomic E-state index is 4.72. The van der Waals surface area contributed by atoms with Gasteiger partial charge in [0.2, 0.25) is 0 Å². The number of rotatable bonds is 1. The Kier molecular flexibility index (Phi) is 2.73. The largest absolute Gasteiger partial charge is 0.241 e. The van der Waals surface area contributed by atoms with Gasteiger partial charge in [0.25, 0.3) is 0 Å². The standard InChI is InChI=1S/C15H13NS/c1-11-6-8-12(9-7-11)15-16-14-5-3-2-4-13(14)10-17-15/h2-9H,10H2,1H3. The Labute approximate surface area is 106 Å². The van der Waals surface area contributed by atoms with E-state index in [2.05, 4.69) is 49.4 Å². The first-order valence-electron chi connectivity index (χ1n) is 5.69. The van der Waals surface area contributed by atoms with E-state index >= 15 is 0 Å². The zero-order chi connectivity index (χ0) is 11.7. The van der Waals surface area contributed by atoms with E-state index in [1.165, 1.54) is 16.7 Å². The molecule has 0 spiro atoms. The second-order valence-electron chi connectivity index (χ2n) is 4.20. The van der Waals surface area contributed by atoms with Gasteiger partial charge in [0.1, 0.15) is 5.04 Å². The predicted molar refractivity (Wildman–Crippen MR) is 75.1 cm³/mol. The van der Waals surface area contributed by atoms with Crippen LogP contribution in [0.25, 0.3) is 0 Å². The van der Waals surface area contributed by atoms with Gasteiger partial charge >= 0.3 is 0 Å². The van der Waals surface area contributed by atoms with E-state index in [-0.39, 0.29) is 0 Å². The number of aryl methyl sites for hydroxylation is 1. The summed E-state index contributed by atoms with van der Waals surface area (Å²) in [7, 11) is 0. The molecule has 0 atom stereocenters. The molecule has 1 heterocycles. The fourth-order valence-corrected chi connectivity index (χ4v) is 2.88. The van der Waals surface area contributed by atoms with Crippen molar-refractivity contribution >= 4 is 22.5 Å². The number of hydrogen-bond donors (Lipinski definition) is 0. The Hall–Kier alpha value is -1.54. The second-order valence-corrected chi connectivity index (χ2v) is 5.16. The van der Waals surface area contributed by atoms with Crippen LogP contribution in [0.2, 0.25) is 0 Å². The van der Waals surface area contributed by atoms with Gasteiger partial charge in [0.15, 0.2) is 0 Å². The van der Waals surface area contributed by atoms with Crippen molar-refractivity contribution in [3.8, 4) is 0 Å². The smallest absolute Gasteiger partial charge is 0.104 e. The number of nitrogens with zero attached hydrogens (tertiary/aromatic N) is 1. The van der Waals surface area contributed by atoms with Crippen LogP contribution in [0.3, 0.4) is 0 Å². The average molecular weight is 239 g/mol. The summed E-state index contributed by atoms with van der Waals surface area (Å²) in [6, 6.07) is 16.9. The van der Waals surface area contributed by atoms with Crippen LogP contribution < -0.4 is 0 Å². The van der Waals surface area contributed by atoms with Crippen molar-refractivity contribution in [1.29, 1.82) is 0 Å². The lowest BCUT2D eigenvalue weighted by atomic mass is 10.1. The molecule has 0 saturated heterocycles. The topological polar surface area (TPSA) is 12.4 Å². The molecule has 0 aliphatic carbocycles. The first-order chi connectivity index (χ1) is 8.33. The molecular formula is C15H13NS. The Morgan fingerprint density at radius 1 is 1.00 bits per heavy atom. The van der Waals surface area contributed by atoms with Crippen LogP contribution in [0, 0.1) is 6.92 Å². The highest BCUT2D eigenvalue weighted by Gasteiger charge is 2.13. The lowest BCUT2D eigenvalue weighted by Gasteiger charge is -2.14. The van der Waals surface area contributed by atoms with Gasteiger partial charge in [0.05, 0.1) is 5.69 Å². The molecule has 0 radical (unpaired) electrons. The fourth-order valence-electron chi connectivity index (χ4n) is 1.87. The highest BCUT2D eigenvalue weighted by molar-refractivity contribution is 8.13. The molecule has 3 rings (SSSR count). The Morgan fingerprint density at radius 2 is 1.76 bits per heavy atom. The summed E-state index contributed by atoms with van der Waals surface area (Å²) < 4.78 is 0. The minimum absolute atomic E-state index is 1.02. The Balaban J connectivity index is 2.01. The summed E-state index contributed by atoms with van der Waals surface area (Å²) in [4.78, 5) is 4.72. The number of aliphatic imine (C=N–C) groups is 1. The molecule has 1 aliphatic rings. The molecule has 0 amide bonds. The molecule has 2 aromatic carbocycles. The molecular weight excluding hydrogens is 226 g/mol. The molecule has 0 N–H and O–H groups in total. The quantitative estimate of drug-likeness (QED) is 0.722. The molecule has 84 valence electrons. The minimum Gasteiger partial charge on any atom is -0.241 e. The second kappa shape index (κ2) is 4.38. The molecule has 2 aromatic rings. The molecule has 0 unspecified atom stereocenters. The number of hydrogen-bond acceptors (Lipinski definition) is 2. The Morgan fingerprint density at radius 3 is 2.59 bits per heavy atom. The molecule has 0 saturated carbocycles. The van der Waals surface area contributed by atoms with Crippen molar-refractivity contribution in [1.82, 2.24) is 0 Å². The molecule has 0 fully saturated rings. The van der Waals surface area contributed by atoms with Gasteiger partial charge < -0.3 is 0 Å². The van der Waals surface area contributed by atoms with E-state index < -0.39 is 0 Å². The Bertz CT molecular complexity index is 570. The first kappa shape index (κ1) is 10.6. The normalized spacial score (nSPS) is 14.1. The van der Waals surface area contributed by atoms with Gasteiger partial charge in [-0.15, -0.1) is 11.8 Å². The van der Waals surface area contributed by atoms with Crippen molar-refractivity contribution in [2.75, 3.05) is 0 Å². The number of thioether (sulfide) groups is 1. The predicted octanol–water partition coefficient (Wildman–Crippen LogP) is 4.32. The monoisotopic (exact) mass is 239 g/mol. The van der Waals surface area contributed by atoms with E-state index in [1.807, 2.05) is 17.8 Å². The molecule has 2 heteroatoms. The fraction of sp³-hybridized carbons (Fsp3) is 0.133. The van der Waals surface area contributed by atoms with Crippen LogP contribution >= 0.6 is 11.8 Å². The van der Waals surface area contributed by atoms with Gasteiger partial charge in [-0.25, -0.2) is 4.99 Å². The zero-order valence-electron chi connectivity index (χ0n) is 9.68. The number of para-hydroxylation sites is 1. The lowest BCUT2D eigenvalue weighted by molar-refractivity contribution is 1.35. The van der Waals surface area contributed by atoms with Crippen LogP contribution in [0.4, 0.5) is 5.69 Å². The van der Waals surface area contributed by atoms with Crippen molar-refractivity contribution in [2.24, 2.45) is 4.99 Å². The van der Waals surface area contributed by atoms with Gasteiger partial charge in [0, 0.05) is 11.3 Å². The van der Waals surface area contributed by atoms with Gasteiger partial charge in [-0.1, -0.05) is 48.0 Å². The van der Waals surface area contributed by atoms with Gasteiger partial charge in [-0.3, -0.25) is 0 Å². The summed E-state index contributed by atoms with van der Waals surface area (Å²) in [5.41, 5.74) is 4.95. The maximum atomic E-state index is 4.72. The summed E-state index contributed by atoms with van der Waals surface area (Å²) in [5, 5.41) is 1.13. The van der Waals surface area contributed by atoms with E-state index in [0.717, 1.165) is 16.5 Å². The summed E-state index contributed by atoms with van der Waals surface area (Å²) >= 11 is 1.81. The molecule has 0 aromatic heterocycles. The molecule has 1 aliphatic heterocycles. The van der Waals surface area contributed by atoms with Crippen LogP contribution in [-0.4, -0.2) is 5.04 Å². The van der Waals surface area contributed by atoms with Crippen LogP contribution in [0.15, 0.2) is 53.5 Å². The highest BCUT2D eigenvalue weighted by atomic mass is 32.2. The van der Waals surface area contributed by atoms with Gasteiger partial charge in [-0.05, 0) is 18.6 Å². The van der Waals surface area contributed by atoms with Crippen molar-refractivity contribution < 1.29 is 0 Å².